The summed E-state index contributed by atoms with van der Waals surface area (Å²) in [5, 5.41) is 28.3. The van der Waals surface area contributed by atoms with E-state index in [1.165, 1.54) is 12.6 Å². The monoisotopic (exact) mass is 449 g/mol. The van der Waals surface area contributed by atoms with Crippen LogP contribution in [-0.2, 0) is 4.79 Å². The van der Waals surface area contributed by atoms with Crippen LogP contribution in [0.4, 0.5) is 5.82 Å². The molecule has 3 aliphatic carbocycles. The number of hydrogen-bond acceptors (Lipinski definition) is 9. The summed E-state index contributed by atoms with van der Waals surface area (Å²) in [5.74, 6) is 6.23. The smallest absolute Gasteiger partial charge is 0.225 e. The number of aliphatic hydroxyl groups excluding tert-OH is 1. The molecular weight excluding hydrogens is 426 g/mol. The van der Waals surface area contributed by atoms with Crippen LogP contribution in [0.25, 0.3) is 11.2 Å². The number of carbonyl (C=O) groups excluding carboxylic acids is 1. The van der Waals surface area contributed by atoms with Gasteiger partial charge in [-0.2, -0.15) is 0 Å². The Morgan fingerprint density at radius 1 is 1.27 bits per heavy atom. The molecule has 0 saturated heterocycles. The minimum atomic E-state index is -1.42. The lowest BCUT2D eigenvalue weighted by molar-refractivity contribution is -0.138. The maximum Gasteiger partial charge on any atom is 0.225 e. The van der Waals surface area contributed by atoms with Crippen molar-refractivity contribution in [2.24, 2.45) is 29.6 Å². The molecule has 3 fully saturated rings. The van der Waals surface area contributed by atoms with E-state index in [2.05, 4.69) is 49.3 Å². The van der Waals surface area contributed by atoms with Crippen LogP contribution in [0.3, 0.4) is 0 Å². The number of nitrogens with zero attached hydrogens (tertiary/aromatic N) is 5. The van der Waals surface area contributed by atoms with Crippen molar-refractivity contribution in [1.82, 2.24) is 29.8 Å². The van der Waals surface area contributed by atoms with Gasteiger partial charge in [-0.3, -0.25) is 4.79 Å². The van der Waals surface area contributed by atoms with Crippen molar-refractivity contribution in [1.29, 1.82) is 0 Å². The molecule has 0 aromatic carbocycles. The summed E-state index contributed by atoms with van der Waals surface area (Å²) in [6.07, 6.45) is 3.23. The number of amides is 1. The third kappa shape index (κ3) is 2.62. The summed E-state index contributed by atoms with van der Waals surface area (Å²) in [6.45, 7) is 2.07. The van der Waals surface area contributed by atoms with Gasteiger partial charge in [-0.25, -0.2) is 19.9 Å². The van der Waals surface area contributed by atoms with Crippen molar-refractivity contribution in [3.8, 4) is 11.8 Å². The number of carbonyl (C=O) groups is 1. The number of hydrogen-bond donors (Lipinski definition) is 4. The summed E-state index contributed by atoms with van der Waals surface area (Å²) in [4.78, 5) is 29.8. The van der Waals surface area contributed by atoms with E-state index in [4.69, 9.17) is 4.42 Å². The Bertz CT molecular complexity index is 1330. The normalized spacial score (nSPS) is 35.7. The average molecular weight is 449 g/mol. The van der Waals surface area contributed by atoms with Gasteiger partial charge in [-0.15, -0.1) is 0 Å². The Balaban J connectivity index is 1.43. The van der Waals surface area contributed by atoms with Crippen LogP contribution < -0.4 is 10.6 Å². The van der Waals surface area contributed by atoms with Crippen molar-refractivity contribution >= 4 is 22.9 Å². The molecule has 11 nitrogen and oxygen atoms in total. The van der Waals surface area contributed by atoms with Crippen LogP contribution >= 0.6 is 0 Å². The van der Waals surface area contributed by atoms with Gasteiger partial charge in [0.05, 0.1) is 30.6 Å². The fourth-order valence-corrected chi connectivity index (χ4v) is 6.08. The van der Waals surface area contributed by atoms with E-state index in [0.29, 0.717) is 22.7 Å². The van der Waals surface area contributed by atoms with E-state index in [1.807, 2.05) is 0 Å². The first-order valence-electron chi connectivity index (χ1n) is 10.9. The molecule has 33 heavy (non-hydrogen) atoms. The number of aliphatic hydroxyl groups is 2. The molecule has 0 spiro atoms. The highest BCUT2D eigenvalue weighted by Crippen LogP contribution is 2.76. The van der Waals surface area contributed by atoms with Crippen LogP contribution in [0.1, 0.15) is 24.6 Å². The van der Waals surface area contributed by atoms with Gasteiger partial charge in [0.15, 0.2) is 29.1 Å². The maximum absolute atomic E-state index is 12.5. The largest absolute Gasteiger partial charge is 0.435 e. The van der Waals surface area contributed by atoms with Gasteiger partial charge in [0.1, 0.15) is 5.60 Å². The van der Waals surface area contributed by atoms with E-state index < -0.39 is 23.7 Å². The Morgan fingerprint density at radius 3 is 2.79 bits per heavy atom. The van der Waals surface area contributed by atoms with Crippen molar-refractivity contribution in [2.45, 2.75) is 24.7 Å². The van der Waals surface area contributed by atoms with Crippen molar-refractivity contribution in [3.05, 3.63) is 30.5 Å². The molecule has 6 rings (SSSR count). The first-order chi connectivity index (χ1) is 15.9. The van der Waals surface area contributed by atoms with Crippen molar-refractivity contribution < 1.29 is 19.4 Å². The zero-order valence-electron chi connectivity index (χ0n) is 18.2. The molecule has 11 heteroatoms. The predicted octanol–water partition coefficient (Wildman–Crippen LogP) is -0.223. The number of imidazole rings is 1. The molecule has 3 saturated carbocycles. The molecule has 0 radical (unpaired) electrons. The van der Waals surface area contributed by atoms with Gasteiger partial charge in [0.25, 0.3) is 0 Å². The molecule has 170 valence electrons. The number of rotatable bonds is 3. The number of oxazole rings is 1. The second-order valence-corrected chi connectivity index (χ2v) is 9.04. The first kappa shape index (κ1) is 20.1. The maximum atomic E-state index is 12.5. The molecule has 1 amide bonds. The molecule has 3 unspecified atom stereocenters. The third-order valence-corrected chi connectivity index (χ3v) is 7.64. The summed E-state index contributed by atoms with van der Waals surface area (Å²) >= 11 is 0. The number of nitrogens with one attached hydrogen (secondary N) is 2. The van der Waals surface area contributed by atoms with E-state index >= 15 is 0 Å². The van der Waals surface area contributed by atoms with Crippen molar-refractivity contribution in [2.75, 3.05) is 19.4 Å². The summed E-state index contributed by atoms with van der Waals surface area (Å²) < 4.78 is 6.93. The molecule has 4 N–H and O–H groups in total. The Hall–Kier alpha value is -3.49. The Kier molecular flexibility index (Phi) is 4.12. The van der Waals surface area contributed by atoms with Crippen LogP contribution in [0, 0.1) is 41.4 Å². The van der Waals surface area contributed by atoms with Crippen LogP contribution in [0.2, 0.25) is 0 Å². The van der Waals surface area contributed by atoms with Crippen LogP contribution in [0.5, 0.6) is 0 Å². The van der Waals surface area contributed by atoms with Crippen molar-refractivity contribution in [3.63, 3.8) is 0 Å². The highest BCUT2D eigenvalue weighted by molar-refractivity contribution is 5.84. The average Bonchev–Trinajstić information content (AvgIpc) is 3.41. The predicted molar refractivity (Wildman–Crippen MR) is 115 cm³/mol. The topological polar surface area (TPSA) is 151 Å². The van der Waals surface area contributed by atoms with E-state index in [9.17, 15) is 15.0 Å². The lowest BCUT2D eigenvalue weighted by Crippen LogP contribution is -2.48. The van der Waals surface area contributed by atoms with Gasteiger partial charge >= 0.3 is 0 Å². The van der Waals surface area contributed by atoms with Crippen LogP contribution in [0.15, 0.2) is 23.3 Å². The summed E-state index contributed by atoms with van der Waals surface area (Å²) in [6, 6.07) is -0.445. The van der Waals surface area contributed by atoms with E-state index in [0.717, 1.165) is 0 Å². The van der Waals surface area contributed by atoms with E-state index in [1.54, 1.807) is 25.0 Å². The van der Waals surface area contributed by atoms with Gasteiger partial charge in [-0.1, -0.05) is 6.92 Å². The number of aromatic nitrogens is 5. The molecule has 3 aromatic rings. The van der Waals surface area contributed by atoms with Gasteiger partial charge in [0.2, 0.25) is 11.7 Å². The second-order valence-electron chi connectivity index (χ2n) is 9.04. The highest BCUT2D eigenvalue weighted by atomic mass is 16.4. The van der Waals surface area contributed by atoms with Crippen LogP contribution in [-0.4, -0.2) is 66.4 Å². The summed E-state index contributed by atoms with van der Waals surface area (Å²) in [5.41, 5.74) is -0.391. The quantitative estimate of drug-likeness (QED) is 0.398. The molecule has 0 aliphatic heterocycles. The fourth-order valence-electron chi connectivity index (χ4n) is 6.08. The molecule has 0 bridgehead atoms. The highest BCUT2D eigenvalue weighted by Gasteiger charge is 2.83. The van der Waals surface area contributed by atoms with E-state index in [-0.39, 0.29) is 35.4 Å². The number of fused-ring (bicyclic) bond motifs is 4. The Morgan fingerprint density at radius 2 is 2.09 bits per heavy atom. The summed E-state index contributed by atoms with van der Waals surface area (Å²) in [7, 11) is 3.28. The minimum absolute atomic E-state index is 0.0517. The first-order valence-corrected chi connectivity index (χ1v) is 10.9. The second kappa shape index (κ2) is 6.76. The minimum Gasteiger partial charge on any atom is -0.435 e. The zero-order valence-corrected chi connectivity index (χ0v) is 18.2. The standard InChI is InChI=1S/C22H23N7O4/c1-9-12-13(9)15-17(22(15,32)18(30)14(12)21(31)24-3)29-7-26-16-19(23-2)27-11(28-20(16)29)5-4-10-6-25-8-33-10/h6-9,12-15,17-18,30,32H,1-3H3,(H,24,31)(H,23,27,28)/t9-,12?,13?,14-,15-,17?,18+,22+/m0/s1. The Labute approximate surface area is 188 Å². The molecule has 8 atom stereocenters. The molecule has 3 aliphatic rings. The van der Waals surface area contributed by atoms with Gasteiger partial charge in [-0.05, 0) is 29.6 Å². The lowest BCUT2D eigenvalue weighted by atomic mass is 9.83. The number of anilines is 1. The lowest BCUT2D eigenvalue weighted by Gasteiger charge is -2.30. The van der Waals surface area contributed by atoms with Gasteiger partial charge < -0.3 is 29.8 Å². The zero-order chi connectivity index (χ0) is 23.1. The van der Waals surface area contributed by atoms with Gasteiger partial charge in [0, 0.05) is 20.0 Å². The SMILES string of the molecule is CNC(=O)[C@H]1C2C([C@H]2C)[C@H]2C(n3cnc4c(NC)nc(C#Cc5cnco5)nc43)[C@@]2(O)[C@@H]1O. The molecule has 3 aromatic heterocycles. The fraction of sp³-hybridized carbons (Fsp3) is 0.500. The molecular formula is C22H23N7O4. The molecule has 3 heterocycles. The third-order valence-electron chi connectivity index (χ3n) is 7.64.